The van der Waals surface area contributed by atoms with E-state index >= 15 is 0 Å². The van der Waals surface area contributed by atoms with Crippen LogP contribution in [0.25, 0.3) is 0 Å². The van der Waals surface area contributed by atoms with Gasteiger partial charge >= 0.3 is 11.8 Å². The van der Waals surface area contributed by atoms with Crippen LogP contribution in [0.5, 0.6) is 23.0 Å². The molecule has 0 heterocycles. The first-order chi connectivity index (χ1) is 25.8. The second-order valence-corrected chi connectivity index (χ2v) is 17.0. The SMILES string of the molecule is CCC(C)(C)Oc1ccc(CCCCNC(=O)C(F)(F)C(F)(F)C(=O)NCCCCc2ccc(OC(C)(C)CC)cc2OC(C)(C)CC)c(OC(C)(C)CC)c1. The molecule has 0 radical (unpaired) electrons. The average molecular weight is 797 g/mol. The van der Waals surface area contributed by atoms with Crippen molar-refractivity contribution < 1.29 is 46.1 Å². The molecule has 8 nitrogen and oxygen atoms in total. The number of hydrogen-bond donors (Lipinski definition) is 2. The van der Waals surface area contributed by atoms with Gasteiger partial charge in [-0.1, -0.05) is 39.8 Å². The normalized spacial score (nSPS) is 12.9. The molecular weight excluding hydrogens is 728 g/mol. The number of carbonyl (C=O) groups excluding carboxylic acids is 2. The maximum Gasteiger partial charge on any atom is 0.395 e. The maximum atomic E-state index is 14.7. The number of carbonyl (C=O) groups is 2. The van der Waals surface area contributed by atoms with E-state index in [0.29, 0.717) is 48.7 Å². The number of ether oxygens (including phenoxy) is 4. The van der Waals surface area contributed by atoms with Crippen molar-refractivity contribution in [1.29, 1.82) is 0 Å². The number of hydrogen-bond acceptors (Lipinski definition) is 6. The quantitative estimate of drug-likeness (QED) is 0.0768. The third-order valence-electron chi connectivity index (χ3n) is 10.3. The molecule has 318 valence electrons. The van der Waals surface area contributed by atoms with Crippen molar-refractivity contribution in [3.8, 4) is 23.0 Å². The van der Waals surface area contributed by atoms with Gasteiger partial charge in [-0.2, -0.15) is 17.6 Å². The molecule has 0 aliphatic heterocycles. The Labute approximate surface area is 333 Å². The number of unbranched alkanes of at least 4 members (excludes halogenated alkanes) is 2. The molecule has 56 heavy (non-hydrogen) atoms. The molecule has 2 rings (SSSR count). The number of aryl methyl sites for hydroxylation is 2. The summed E-state index contributed by atoms with van der Waals surface area (Å²) in [5, 5.41) is 3.78. The minimum Gasteiger partial charge on any atom is -0.488 e. The van der Waals surface area contributed by atoms with Gasteiger partial charge in [-0.3, -0.25) is 9.59 Å². The molecule has 0 aliphatic carbocycles. The van der Waals surface area contributed by atoms with E-state index in [-0.39, 0.29) is 37.1 Å². The summed E-state index contributed by atoms with van der Waals surface area (Å²) in [6.45, 7) is 23.4. The van der Waals surface area contributed by atoms with Crippen LogP contribution < -0.4 is 29.6 Å². The lowest BCUT2D eigenvalue weighted by Gasteiger charge is -2.29. The zero-order valence-corrected chi connectivity index (χ0v) is 35.9. The van der Waals surface area contributed by atoms with Crippen LogP contribution in [0, 0.1) is 0 Å². The van der Waals surface area contributed by atoms with E-state index < -0.39 is 34.9 Å². The average Bonchev–Trinajstić information content (AvgIpc) is 3.12. The van der Waals surface area contributed by atoms with Crippen LogP contribution in [0.4, 0.5) is 17.6 Å². The van der Waals surface area contributed by atoms with Gasteiger partial charge in [0.05, 0.1) is 0 Å². The summed E-state index contributed by atoms with van der Waals surface area (Å²) in [4.78, 5) is 24.6. The highest BCUT2D eigenvalue weighted by molar-refractivity contribution is 5.95. The minimum absolute atomic E-state index is 0.229. The summed E-state index contributed by atoms with van der Waals surface area (Å²) in [5.41, 5.74) is 0.0654. The summed E-state index contributed by atoms with van der Waals surface area (Å²) in [6, 6.07) is 11.1. The fourth-order valence-electron chi connectivity index (χ4n) is 5.11. The Balaban J connectivity index is 1.93. The van der Waals surface area contributed by atoms with Gasteiger partial charge in [0, 0.05) is 25.2 Å². The molecule has 0 aliphatic rings. The van der Waals surface area contributed by atoms with Crippen LogP contribution in [-0.4, -0.2) is 59.2 Å². The Hall–Kier alpha value is -3.70. The molecule has 0 atom stereocenters. The Morgan fingerprint density at radius 2 is 0.804 bits per heavy atom. The minimum atomic E-state index is -5.25. The first-order valence-electron chi connectivity index (χ1n) is 20.2. The lowest BCUT2D eigenvalue weighted by atomic mass is 10.0. The van der Waals surface area contributed by atoms with Crippen LogP contribution in [0.1, 0.15) is 146 Å². The molecule has 0 saturated carbocycles. The van der Waals surface area contributed by atoms with Gasteiger partial charge in [0.15, 0.2) is 0 Å². The van der Waals surface area contributed by atoms with Gasteiger partial charge < -0.3 is 29.6 Å². The van der Waals surface area contributed by atoms with E-state index in [9.17, 15) is 27.2 Å². The van der Waals surface area contributed by atoms with Gasteiger partial charge in [0.25, 0.3) is 11.8 Å². The highest BCUT2D eigenvalue weighted by Crippen LogP contribution is 2.36. The number of nitrogens with one attached hydrogen (secondary N) is 2. The highest BCUT2D eigenvalue weighted by atomic mass is 19.3. The summed E-state index contributed by atoms with van der Waals surface area (Å²) in [7, 11) is 0. The topological polar surface area (TPSA) is 95.1 Å². The molecule has 0 saturated heterocycles. The van der Waals surface area contributed by atoms with Crippen LogP contribution in [-0.2, 0) is 22.4 Å². The molecule has 2 aromatic carbocycles. The van der Waals surface area contributed by atoms with Gasteiger partial charge in [-0.05, 0) is 143 Å². The van der Waals surface area contributed by atoms with Crippen molar-refractivity contribution in [2.45, 2.75) is 182 Å². The van der Waals surface area contributed by atoms with Gasteiger partial charge in [0.1, 0.15) is 45.4 Å². The van der Waals surface area contributed by atoms with Gasteiger partial charge in [-0.15, -0.1) is 0 Å². The molecule has 12 heteroatoms. The van der Waals surface area contributed by atoms with E-state index in [4.69, 9.17) is 18.9 Å². The third kappa shape index (κ3) is 14.7. The number of amides is 2. The van der Waals surface area contributed by atoms with E-state index in [1.807, 2.05) is 130 Å². The predicted molar refractivity (Wildman–Crippen MR) is 215 cm³/mol. The highest BCUT2D eigenvalue weighted by Gasteiger charge is 2.66. The van der Waals surface area contributed by atoms with Gasteiger partial charge in [-0.25, -0.2) is 0 Å². The Bertz CT molecular complexity index is 1460. The summed E-state index contributed by atoms with van der Waals surface area (Å²) < 4.78 is 83.8. The third-order valence-corrected chi connectivity index (χ3v) is 10.3. The zero-order valence-electron chi connectivity index (χ0n) is 35.9. The monoisotopic (exact) mass is 797 g/mol. The first-order valence-corrected chi connectivity index (χ1v) is 20.2. The second kappa shape index (κ2) is 20.1. The Kier molecular flexibility index (Phi) is 17.4. The molecule has 2 N–H and O–H groups in total. The molecule has 0 fully saturated rings. The molecule has 0 aromatic heterocycles. The number of rotatable bonds is 25. The lowest BCUT2D eigenvalue weighted by molar-refractivity contribution is -0.211. The first kappa shape index (κ1) is 48.4. The van der Waals surface area contributed by atoms with Crippen molar-refractivity contribution in [3.05, 3.63) is 47.5 Å². The van der Waals surface area contributed by atoms with Crippen molar-refractivity contribution >= 4 is 11.8 Å². The molecule has 0 unspecified atom stereocenters. The van der Waals surface area contributed by atoms with Crippen LogP contribution in [0.15, 0.2) is 36.4 Å². The number of alkyl halides is 4. The van der Waals surface area contributed by atoms with Gasteiger partial charge in [0.2, 0.25) is 0 Å². The van der Waals surface area contributed by atoms with Crippen molar-refractivity contribution in [2.75, 3.05) is 13.1 Å². The molecule has 0 bridgehead atoms. The number of benzene rings is 2. The van der Waals surface area contributed by atoms with Crippen LogP contribution >= 0.6 is 0 Å². The van der Waals surface area contributed by atoms with E-state index in [1.165, 1.54) is 0 Å². The van der Waals surface area contributed by atoms with E-state index in [1.54, 1.807) is 0 Å². The smallest absolute Gasteiger partial charge is 0.395 e. The fourth-order valence-corrected chi connectivity index (χ4v) is 5.11. The fraction of sp³-hybridized carbons (Fsp3) is 0.682. The van der Waals surface area contributed by atoms with Crippen molar-refractivity contribution in [3.63, 3.8) is 0 Å². The predicted octanol–water partition coefficient (Wildman–Crippen LogP) is 10.8. The molecule has 0 spiro atoms. The van der Waals surface area contributed by atoms with Crippen LogP contribution in [0.2, 0.25) is 0 Å². The van der Waals surface area contributed by atoms with Crippen LogP contribution in [0.3, 0.4) is 0 Å². The van der Waals surface area contributed by atoms with Crippen molar-refractivity contribution in [2.24, 2.45) is 0 Å². The van der Waals surface area contributed by atoms with Crippen molar-refractivity contribution in [1.82, 2.24) is 10.6 Å². The summed E-state index contributed by atoms with van der Waals surface area (Å²) in [5.74, 6) is -12.3. The van der Waals surface area contributed by atoms with E-state index in [2.05, 4.69) is 0 Å². The van der Waals surface area contributed by atoms with E-state index in [0.717, 1.165) is 36.8 Å². The maximum absolute atomic E-state index is 14.7. The Morgan fingerprint density at radius 3 is 1.11 bits per heavy atom. The zero-order chi connectivity index (χ0) is 42.6. The summed E-state index contributed by atoms with van der Waals surface area (Å²) in [6.07, 6.45) is 5.42. The molecule has 2 amide bonds. The standard InChI is InChI=1S/C44H68F4N2O6/c1-13-39(5,6)53-33-25-23-31(35(29-33)55-41(9,10)15-3)21-17-19-27-49-37(51)43(45,46)44(47,48)38(52)50-28-20-18-22-32-24-26-34(54-40(7,8)14-2)30-36(32)56-42(11,12)16-4/h23-26,29-30H,13-22,27-28H2,1-12H3,(H,49,51)(H,50,52). The molecular formula is C44H68F4N2O6. The lowest BCUT2D eigenvalue weighted by Crippen LogP contribution is -2.59. The Morgan fingerprint density at radius 1 is 0.500 bits per heavy atom. The number of halogens is 4. The largest absolute Gasteiger partial charge is 0.488 e. The second-order valence-electron chi connectivity index (χ2n) is 17.0. The molecule has 2 aromatic rings. The summed E-state index contributed by atoms with van der Waals surface area (Å²) >= 11 is 0.